The highest BCUT2D eigenvalue weighted by Crippen LogP contribution is 2.31. The van der Waals surface area contributed by atoms with E-state index in [0.29, 0.717) is 12.1 Å². The third-order valence-electron chi connectivity index (χ3n) is 3.94. The van der Waals surface area contributed by atoms with Crippen molar-refractivity contribution in [2.24, 2.45) is 0 Å². The van der Waals surface area contributed by atoms with Gasteiger partial charge < -0.3 is 10.4 Å². The Bertz CT molecular complexity index is 663. The highest BCUT2D eigenvalue weighted by Gasteiger charge is 2.32. The molecule has 5 nitrogen and oxygen atoms in total. The standard InChI is InChI=1S/C16H19N3O2/c1-9(2)12-8-13(19-18-12)16(21)17-15-11-6-4-3-5-10(11)7-14(15)20/h3-6,8-9,14-15,20H,7H2,1-2H3,(H,17,21)(H,18,19)/t14-,15-/m1/s1. The van der Waals surface area contributed by atoms with Crippen LogP contribution in [0.3, 0.4) is 0 Å². The average molecular weight is 285 g/mol. The molecule has 0 saturated carbocycles. The van der Waals surface area contributed by atoms with E-state index in [2.05, 4.69) is 15.5 Å². The van der Waals surface area contributed by atoms with Gasteiger partial charge in [-0.05, 0) is 23.1 Å². The summed E-state index contributed by atoms with van der Waals surface area (Å²) in [5.41, 5.74) is 3.35. The Morgan fingerprint density at radius 1 is 1.43 bits per heavy atom. The molecule has 5 heteroatoms. The van der Waals surface area contributed by atoms with Gasteiger partial charge in [-0.2, -0.15) is 5.10 Å². The van der Waals surface area contributed by atoms with Crippen molar-refractivity contribution in [2.45, 2.75) is 38.3 Å². The predicted molar refractivity (Wildman–Crippen MR) is 79.0 cm³/mol. The maximum Gasteiger partial charge on any atom is 0.272 e. The van der Waals surface area contributed by atoms with Gasteiger partial charge >= 0.3 is 0 Å². The summed E-state index contributed by atoms with van der Waals surface area (Å²) in [5.74, 6) is 0.0238. The summed E-state index contributed by atoms with van der Waals surface area (Å²) >= 11 is 0. The number of aliphatic hydroxyl groups is 1. The molecule has 110 valence electrons. The first-order valence-electron chi connectivity index (χ1n) is 7.18. The molecule has 0 radical (unpaired) electrons. The van der Waals surface area contributed by atoms with Crippen molar-refractivity contribution in [1.82, 2.24) is 15.5 Å². The Balaban J connectivity index is 1.78. The molecule has 0 saturated heterocycles. The summed E-state index contributed by atoms with van der Waals surface area (Å²) < 4.78 is 0. The molecule has 2 aromatic rings. The number of hydrogen-bond donors (Lipinski definition) is 3. The number of fused-ring (bicyclic) bond motifs is 1. The lowest BCUT2D eigenvalue weighted by molar-refractivity contribution is 0.0853. The van der Waals surface area contributed by atoms with Crippen molar-refractivity contribution in [2.75, 3.05) is 0 Å². The predicted octanol–water partition coefficient (Wildman–Crippen LogP) is 1.92. The van der Waals surface area contributed by atoms with Crippen LogP contribution in [0.5, 0.6) is 0 Å². The third-order valence-corrected chi connectivity index (χ3v) is 3.94. The van der Waals surface area contributed by atoms with Crippen LogP contribution >= 0.6 is 0 Å². The Morgan fingerprint density at radius 2 is 2.19 bits per heavy atom. The molecular formula is C16H19N3O2. The van der Waals surface area contributed by atoms with Crippen LogP contribution in [0.4, 0.5) is 0 Å². The second-order valence-electron chi connectivity index (χ2n) is 5.78. The van der Waals surface area contributed by atoms with Crippen LogP contribution < -0.4 is 5.32 Å². The number of nitrogens with one attached hydrogen (secondary N) is 2. The largest absolute Gasteiger partial charge is 0.390 e. The zero-order valence-electron chi connectivity index (χ0n) is 12.1. The fourth-order valence-corrected chi connectivity index (χ4v) is 2.71. The SMILES string of the molecule is CC(C)c1cc(C(=O)N[C@@H]2c3ccccc3C[C@H]2O)n[nH]1. The van der Waals surface area contributed by atoms with Crippen molar-refractivity contribution in [3.05, 3.63) is 52.8 Å². The molecule has 1 amide bonds. The number of benzene rings is 1. The van der Waals surface area contributed by atoms with E-state index in [1.54, 1.807) is 6.07 Å². The van der Waals surface area contributed by atoms with Crippen LogP contribution in [0.25, 0.3) is 0 Å². The minimum absolute atomic E-state index is 0.265. The minimum Gasteiger partial charge on any atom is -0.390 e. The number of H-pyrrole nitrogens is 1. The zero-order valence-corrected chi connectivity index (χ0v) is 12.1. The topological polar surface area (TPSA) is 78.0 Å². The number of nitrogens with zero attached hydrogens (tertiary/aromatic N) is 1. The maximum atomic E-state index is 12.3. The number of carbonyl (C=O) groups excluding carboxylic acids is 1. The van der Waals surface area contributed by atoms with Crippen LogP contribution in [0.1, 0.15) is 53.1 Å². The fraction of sp³-hybridized carbons (Fsp3) is 0.375. The van der Waals surface area contributed by atoms with Crippen LogP contribution in [-0.4, -0.2) is 27.3 Å². The highest BCUT2D eigenvalue weighted by molar-refractivity contribution is 5.92. The molecule has 1 aromatic carbocycles. The normalized spacial score (nSPS) is 20.6. The van der Waals surface area contributed by atoms with Crippen LogP contribution in [0, 0.1) is 0 Å². The second kappa shape index (κ2) is 5.33. The summed E-state index contributed by atoms with van der Waals surface area (Å²) in [6.07, 6.45) is -0.0197. The number of carbonyl (C=O) groups is 1. The van der Waals surface area contributed by atoms with Crippen molar-refractivity contribution in [3.8, 4) is 0 Å². The molecule has 0 bridgehead atoms. The average Bonchev–Trinajstić information content (AvgIpc) is 3.05. The van der Waals surface area contributed by atoms with E-state index in [4.69, 9.17) is 0 Å². The monoisotopic (exact) mass is 285 g/mol. The fourth-order valence-electron chi connectivity index (χ4n) is 2.71. The first-order valence-corrected chi connectivity index (χ1v) is 7.18. The Morgan fingerprint density at radius 3 is 2.90 bits per heavy atom. The molecule has 1 aliphatic rings. The number of aliphatic hydroxyl groups excluding tert-OH is 1. The Hall–Kier alpha value is -2.14. The van der Waals surface area contributed by atoms with E-state index >= 15 is 0 Å². The number of amides is 1. The molecule has 0 aliphatic heterocycles. The molecule has 0 fully saturated rings. The van der Waals surface area contributed by atoms with E-state index in [1.165, 1.54) is 0 Å². The van der Waals surface area contributed by atoms with Crippen molar-refractivity contribution >= 4 is 5.91 Å². The van der Waals surface area contributed by atoms with Gasteiger partial charge in [0.25, 0.3) is 5.91 Å². The zero-order chi connectivity index (χ0) is 15.0. The molecule has 1 aliphatic carbocycles. The molecule has 0 spiro atoms. The quantitative estimate of drug-likeness (QED) is 0.806. The van der Waals surface area contributed by atoms with Gasteiger partial charge in [-0.15, -0.1) is 0 Å². The smallest absolute Gasteiger partial charge is 0.272 e. The van der Waals surface area contributed by atoms with E-state index in [1.807, 2.05) is 38.1 Å². The molecule has 3 rings (SSSR count). The molecule has 0 unspecified atom stereocenters. The minimum atomic E-state index is -0.588. The van der Waals surface area contributed by atoms with E-state index in [9.17, 15) is 9.90 Å². The molecule has 1 aromatic heterocycles. The molecule has 3 N–H and O–H groups in total. The number of hydrogen-bond acceptors (Lipinski definition) is 3. The molecule has 1 heterocycles. The van der Waals surface area contributed by atoms with Gasteiger partial charge in [-0.3, -0.25) is 9.89 Å². The molecule has 2 atom stereocenters. The van der Waals surface area contributed by atoms with Crippen molar-refractivity contribution < 1.29 is 9.90 Å². The van der Waals surface area contributed by atoms with Gasteiger partial charge in [0.05, 0.1) is 12.1 Å². The van der Waals surface area contributed by atoms with Gasteiger partial charge in [0.15, 0.2) is 0 Å². The first kappa shape index (κ1) is 13.8. The number of rotatable bonds is 3. The lowest BCUT2D eigenvalue weighted by Crippen LogP contribution is -2.34. The summed E-state index contributed by atoms with van der Waals surface area (Å²) in [6, 6.07) is 9.18. The van der Waals surface area contributed by atoms with E-state index in [-0.39, 0.29) is 17.9 Å². The summed E-state index contributed by atoms with van der Waals surface area (Å²) in [6.45, 7) is 4.07. The molecule has 21 heavy (non-hydrogen) atoms. The third kappa shape index (κ3) is 2.56. The summed E-state index contributed by atoms with van der Waals surface area (Å²) in [7, 11) is 0. The molecular weight excluding hydrogens is 266 g/mol. The number of aromatic nitrogens is 2. The number of aromatic amines is 1. The van der Waals surface area contributed by atoms with Crippen LogP contribution in [0.15, 0.2) is 30.3 Å². The van der Waals surface area contributed by atoms with E-state index in [0.717, 1.165) is 16.8 Å². The van der Waals surface area contributed by atoms with Gasteiger partial charge in [0.2, 0.25) is 0 Å². The first-order chi connectivity index (χ1) is 10.1. The maximum absolute atomic E-state index is 12.3. The van der Waals surface area contributed by atoms with Gasteiger partial charge in [-0.25, -0.2) is 0 Å². The van der Waals surface area contributed by atoms with Crippen LogP contribution in [0.2, 0.25) is 0 Å². The Labute approximate surface area is 123 Å². The summed E-state index contributed by atoms with van der Waals surface area (Å²) in [5, 5.41) is 19.9. The van der Waals surface area contributed by atoms with Crippen molar-refractivity contribution in [3.63, 3.8) is 0 Å². The van der Waals surface area contributed by atoms with Crippen LogP contribution in [-0.2, 0) is 6.42 Å². The van der Waals surface area contributed by atoms with Gasteiger partial charge in [0, 0.05) is 12.1 Å². The lowest BCUT2D eigenvalue weighted by atomic mass is 10.1. The van der Waals surface area contributed by atoms with Gasteiger partial charge in [0.1, 0.15) is 5.69 Å². The van der Waals surface area contributed by atoms with Gasteiger partial charge in [-0.1, -0.05) is 38.1 Å². The highest BCUT2D eigenvalue weighted by atomic mass is 16.3. The van der Waals surface area contributed by atoms with E-state index < -0.39 is 6.10 Å². The lowest BCUT2D eigenvalue weighted by Gasteiger charge is -2.17. The second-order valence-corrected chi connectivity index (χ2v) is 5.78. The Kier molecular flexibility index (Phi) is 3.51. The van der Waals surface area contributed by atoms with Crippen molar-refractivity contribution in [1.29, 1.82) is 0 Å². The summed E-state index contributed by atoms with van der Waals surface area (Å²) in [4.78, 5) is 12.3.